The number of nitro benzene ring substituents is 1. The first-order valence-electron chi connectivity index (χ1n) is 5.59. The Kier molecular flexibility index (Phi) is 4.57. The average molecular weight is 266 g/mol. The average Bonchev–Trinajstić information content (AvgIpc) is 2.35. The van der Waals surface area contributed by atoms with Gasteiger partial charge in [-0.2, -0.15) is 0 Å². The molecule has 1 aromatic rings. The van der Waals surface area contributed by atoms with Gasteiger partial charge >= 0.3 is 5.97 Å². The number of nitrogens with one attached hydrogen (secondary N) is 1. The molecule has 0 bridgehead atoms. The maximum absolute atomic E-state index is 11.8. The molecule has 0 spiro atoms. The number of hydrogen-bond donors (Lipinski definition) is 2. The van der Waals surface area contributed by atoms with Gasteiger partial charge in [-0.05, 0) is 12.5 Å². The van der Waals surface area contributed by atoms with Crippen LogP contribution in [0.4, 0.5) is 5.69 Å². The van der Waals surface area contributed by atoms with Gasteiger partial charge in [0, 0.05) is 24.2 Å². The third-order valence-electron chi connectivity index (χ3n) is 2.67. The lowest BCUT2D eigenvalue weighted by Gasteiger charge is -2.09. The van der Waals surface area contributed by atoms with Gasteiger partial charge in [-0.15, -0.1) is 0 Å². The fourth-order valence-electron chi connectivity index (χ4n) is 1.40. The van der Waals surface area contributed by atoms with Gasteiger partial charge in [0.2, 0.25) is 0 Å². The van der Waals surface area contributed by atoms with Crippen molar-refractivity contribution in [1.29, 1.82) is 0 Å². The number of nitro groups is 1. The number of carbonyl (C=O) groups excluding carboxylic acids is 1. The first-order valence-corrected chi connectivity index (χ1v) is 5.59. The van der Waals surface area contributed by atoms with Crippen molar-refractivity contribution in [2.45, 2.75) is 13.8 Å². The number of carboxylic acid groups (broad SMARTS) is 1. The zero-order chi connectivity index (χ0) is 14.6. The Morgan fingerprint density at radius 2 is 2.11 bits per heavy atom. The maximum atomic E-state index is 11.8. The van der Waals surface area contributed by atoms with E-state index < -0.39 is 22.7 Å². The summed E-state index contributed by atoms with van der Waals surface area (Å²) >= 11 is 0. The van der Waals surface area contributed by atoms with Crippen LogP contribution in [-0.4, -0.2) is 28.5 Å². The highest BCUT2D eigenvalue weighted by atomic mass is 16.6. The van der Waals surface area contributed by atoms with Crippen LogP contribution in [-0.2, 0) is 4.79 Å². The highest BCUT2D eigenvalue weighted by Gasteiger charge is 2.17. The summed E-state index contributed by atoms with van der Waals surface area (Å²) in [6.07, 6.45) is 0. The van der Waals surface area contributed by atoms with E-state index in [0.717, 1.165) is 0 Å². The molecule has 0 saturated heterocycles. The molecule has 1 rings (SSSR count). The fourth-order valence-corrected chi connectivity index (χ4v) is 1.40. The number of hydrogen-bond acceptors (Lipinski definition) is 4. The Hall–Kier alpha value is -2.44. The predicted molar refractivity (Wildman–Crippen MR) is 67.0 cm³/mol. The molecule has 0 radical (unpaired) electrons. The number of carboxylic acids is 1. The van der Waals surface area contributed by atoms with Crippen molar-refractivity contribution in [3.8, 4) is 0 Å². The second-order valence-electron chi connectivity index (χ2n) is 4.21. The second-order valence-corrected chi connectivity index (χ2v) is 4.21. The van der Waals surface area contributed by atoms with Gasteiger partial charge in [0.25, 0.3) is 11.6 Å². The number of benzene rings is 1. The largest absolute Gasteiger partial charge is 0.481 e. The molecular weight excluding hydrogens is 252 g/mol. The van der Waals surface area contributed by atoms with Crippen LogP contribution in [0.5, 0.6) is 0 Å². The molecule has 2 N–H and O–H groups in total. The van der Waals surface area contributed by atoms with Crippen molar-refractivity contribution in [3.05, 3.63) is 39.4 Å². The van der Waals surface area contributed by atoms with E-state index >= 15 is 0 Å². The lowest BCUT2D eigenvalue weighted by molar-refractivity contribution is -0.384. The molecule has 0 saturated carbocycles. The van der Waals surface area contributed by atoms with Crippen molar-refractivity contribution in [2.75, 3.05) is 6.54 Å². The van der Waals surface area contributed by atoms with E-state index in [2.05, 4.69) is 5.32 Å². The first kappa shape index (κ1) is 14.6. The summed E-state index contributed by atoms with van der Waals surface area (Å²) in [5.74, 6) is -2.26. The summed E-state index contributed by atoms with van der Waals surface area (Å²) in [5, 5.41) is 21.8. The second kappa shape index (κ2) is 5.94. The molecule has 1 atom stereocenters. The Morgan fingerprint density at radius 3 is 2.63 bits per heavy atom. The van der Waals surface area contributed by atoms with Crippen molar-refractivity contribution in [1.82, 2.24) is 5.32 Å². The number of aliphatic carboxylic acids is 1. The lowest BCUT2D eigenvalue weighted by Crippen LogP contribution is -2.31. The van der Waals surface area contributed by atoms with E-state index in [9.17, 15) is 19.7 Å². The quantitative estimate of drug-likeness (QED) is 0.617. The monoisotopic (exact) mass is 266 g/mol. The van der Waals surface area contributed by atoms with Gasteiger partial charge < -0.3 is 10.4 Å². The van der Waals surface area contributed by atoms with Gasteiger partial charge in [-0.3, -0.25) is 19.7 Å². The minimum atomic E-state index is -1.02. The third kappa shape index (κ3) is 3.77. The third-order valence-corrected chi connectivity index (χ3v) is 2.67. The summed E-state index contributed by atoms with van der Waals surface area (Å²) in [7, 11) is 0. The van der Waals surface area contributed by atoms with Crippen LogP contribution in [0.15, 0.2) is 18.2 Å². The molecule has 0 heterocycles. The molecule has 1 unspecified atom stereocenters. The predicted octanol–water partition coefficient (Wildman–Crippen LogP) is 1.35. The smallest absolute Gasteiger partial charge is 0.308 e. The van der Waals surface area contributed by atoms with Gasteiger partial charge in [0.1, 0.15) is 0 Å². The molecule has 0 aromatic heterocycles. The van der Waals surface area contributed by atoms with E-state index in [1.165, 1.54) is 25.1 Å². The summed E-state index contributed by atoms with van der Waals surface area (Å²) in [5.41, 5.74) is 0.583. The molecule has 19 heavy (non-hydrogen) atoms. The van der Waals surface area contributed by atoms with Crippen molar-refractivity contribution >= 4 is 17.6 Å². The van der Waals surface area contributed by atoms with E-state index in [4.69, 9.17) is 5.11 Å². The minimum Gasteiger partial charge on any atom is -0.481 e. The van der Waals surface area contributed by atoms with Gasteiger partial charge in [0.15, 0.2) is 0 Å². The molecule has 1 aromatic carbocycles. The molecule has 0 fully saturated rings. The number of non-ortho nitro benzene ring substituents is 1. The molecule has 0 aliphatic carbocycles. The van der Waals surface area contributed by atoms with E-state index in [0.29, 0.717) is 5.56 Å². The summed E-state index contributed by atoms with van der Waals surface area (Å²) < 4.78 is 0. The van der Waals surface area contributed by atoms with Crippen molar-refractivity contribution in [2.24, 2.45) is 5.92 Å². The molecule has 102 valence electrons. The number of carbonyl (C=O) groups is 2. The van der Waals surface area contributed by atoms with Crippen LogP contribution in [0.2, 0.25) is 0 Å². The zero-order valence-electron chi connectivity index (χ0n) is 10.5. The number of amides is 1. The highest BCUT2D eigenvalue weighted by molar-refractivity contribution is 5.96. The standard InChI is InChI=1S/C12H14N2O5/c1-7-3-4-9(14(18)19)5-10(7)11(15)13-6-8(2)12(16)17/h3-5,8H,6H2,1-2H3,(H,13,15)(H,16,17). The van der Waals surface area contributed by atoms with Gasteiger partial charge in [-0.1, -0.05) is 13.0 Å². The van der Waals surface area contributed by atoms with Crippen LogP contribution in [0.25, 0.3) is 0 Å². The van der Waals surface area contributed by atoms with E-state index in [1.807, 2.05) is 0 Å². The number of nitrogens with zero attached hydrogens (tertiary/aromatic N) is 1. The first-order chi connectivity index (χ1) is 8.82. The van der Waals surface area contributed by atoms with Crippen LogP contribution >= 0.6 is 0 Å². The van der Waals surface area contributed by atoms with Crippen LogP contribution in [0.3, 0.4) is 0 Å². The fraction of sp³-hybridized carbons (Fsp3) is 0.333. The topological polar surface area (TPSA) is 110 Å². The number of aryl methyl sites for hydroxylation is 1. The summed E-state index contributed by atoms with van der Waals surface area (Å²) in [6, 6.07) is 3.97. The van der Waals surface area contributed by atoms with Crippen molar-refractivity contribution < 1.29 is 19.6 Å². The van der Waals surface area contributed by atoms with E-state index in [-0.39, 0.29) is 17.8 Å². The Bertz CT molecular complexity index is 527. The molecule has 7 heteroatoms. The number of rotatable bonds is 5. The van der Waals surface area contributed by atoms with Crippen LogP contribution < -0.4 is 5.32 Å². The Balaban J connectivity index is 2.84. The summed E-state index contributed by atoms with van der Waals surface area (Å²) in [6.45, 7) is 3.08. The normalized spacial score (nSPS) is 11.7. The molecular formula is C12H14N2O5. The Morgan fingerprint density at radius 1 is 1.47 bits per heavy atom. The van der Waals surface area contributed by atoms with Crippen LogP contribution in [0.1, 0.15) is 22.8 Å². The Labute approximate surface area is 109 Å². The zero-order valence-corrected chi connectivity index (χ0v) is 10.5. The minimum absolute atomic E-state index is 0.0314. The molecule has 0 aliphatic heterocycles. The van der Waals surface area contributed by atoms with E-state index in [1.54, 1.807) is 6.92 Å². The molecule has 7 nitrogen and oxygen atoms in total. The maximum Gasteiger partial charge on any atom is 0.308 e. The lowest BCUT2D eigenvalue weighted by atomic mass is 10.1. The highest BCUT2D eigenvalue weighted by Crippen LogP contribution is 2.17. The SMILES string of the molecule is Cc1ccc([N+](=O)[O-])cc1C(=O)NCC(C)C(=O)O. The van der Waals surface area contributed by atoms with Crippen molar-refractivity contribution in [3.63, 3.8) is 0 Å². The molecule has 0 aliphatic rings. The van der Waals surface area contributed by atoms with Gasteiger partial charge in [0.05, 0.1) is 10.8 Å². The van der Waals surface area contributed by atoms with Crippen LogP contribution in [0, 0.1) is 23.0 Å². The van der Waals surface area contributed by atoms with Gasteiger partial charge in [-0.25, -0.2) is 0 Å². The molecule has 1 amide bonds. The summed E-state index contributed by atoms with van der Waals surface area (Å²) in [4.78, 5) is 32.5.